The van der Waals surface area contributed by atoms with Crippen molar-refractivity contribution < 1.29 is 22.6 Å². The number of fused-ring (bicyclic) bond motifs is 9. The highest BCUT2D eigenvalue weighted by atomic mass is 19.2. The molecule has 5 heterocycles. The van der Waals surface area contributed by atoms with Crippen molar-refractivity contribution >= 4 is 29.0 Å². The van der Waals surface area contributed by atoms with Crippen LogP contribution in [0.1, 0.15) is 65.3 Å². The van der Waals surface area contributed by atoms with E-state index in [1.807, 2.05) is 32.1 Å². The topological polar surface area (TPSA) is 33.0 Å². The number of aromatic nitrogens is 1. The summed E-state index contributed by atoms with van der Waals surface area (Å²) in [5.41, 5.74) is 9.57. The Balaban J connectivity index is 1.60. The van der Waals surface area contributed by atoms with Gasteiger partial charge in [-0.2, -0.15) is 0 Å². The molecule has 4 nitrogen and oxygen atoms in total. The largest absolute Gasteiger partial charge is 0.737 e. The molecule has 2 saturated heterocycles. The fraction of sp³-hybridized carbons (Fsp3) is 0.321. The van der Waals surface area contributed by atoms with Gasteiger partial charge in [-0.05, 0) is 72.5 Å². The number of aryl methyl sites for hydroxylation is 3. The fourth-order valence-electron chi connectivity index (χ4n) is 7.33. The van der Waals surface area contributed by atoms with Gasteiger partial charge in [0.15, 0.2) is 5.70 Å². The van der Waals surface area contributed by atoms with Crippen LogP contribution in [0.15, 0.2) is 47.7 Å². The number of allylic oxidation sites excluding steroid dienone is 2. The molecule has 0 amide bonds. The van der Waals surface area contributed by atoms with Gasteiger partial charge in [0.2, 0.25) is 0 Å². The van der Waals surface area contributed by atoms with Crippen molar-refractivity contribution in [2.75, 3.05) is 0 Å². The summed E-state index contributed by atoms with van der Waals surface area (Å²) in [6, 6.07) is 10.3. The van der Waals surface area contributed by atoms with Crippen molar-refractivity contribution in [3.05, 3.63) is 86.9 Å². The maximum atomic E-state index is 16.2. The molecule has 3 aromatic rings. The Morgan fingerprint density at radius 3 is 2.29 bits per heavy atom. The summed E-state index contributed by atoms with van der Waals surface area (Å²) in [4.78, 5) is 0. The minimum absolute atomic E-state index is 0.0243. The number of hydrogen-bond donors (Lipinski definition) is 0. The van der Waals surface area contributed by atoms with E-state index in [0.717, 1.165) is 38.6 Å². The highest BCUT2D eigenvalue weighted by molar-refractivity contribution is 6.58. The number of halogens is 2. The van der Waals surface area contributed by atoms with E-state index in [-0.39, 0.29) is 24.4 Å². The van der Waals surface area contributed by atoms with E-state index in [4.69, 9.17) is 9.47 Å². The average Bonchev–Trinajstić information content (AvgIpc) is 3.69. The van der Waals surface area contributed by atoms with Crippen LogP contribution >= 0.6 is 0 Å². The Labute approximate surface area is 202 Å². The number of benzene rings is 2. The van der Waals surface area contributed by atoms with Crippen molar-refractivity contribution in [1.82, 2.24) is 4.48 Å². The molecule has 4 atom stereocenters. The van der Waals surface area contributed by atoms with E-state index in [1.54, 1.807) is 13.8 Å². The SMILES string of the molecule is CC1=CC(C)=[N+]2C1=C(c1c3c(c(C)c4ccccc14)[C@@H]1O[C@@H]1[C@@H]1O[C@H]31)c1c(C)cc(C)n1[B-]2(F)F. The van der Waals surface area contributed by atoms with Gasteiger partial charge in [0, 0.05) is 29.8 Å². The van der Waals surface area contributed by atoms with Crippen LogP contribution in [0.5, 0.6) is 0 Å². The van der Waals surface area contributed by atoms with Crippen molar-refractivity contribution in [1.29, 1.82) is 0 Å². The van der Waals surface area contributed by atoms with Gasteiger partial charge in [0.1, 0.15) is 30.1 Å². The van der Waals surface area contributed by atoms with E-state index in [0.29, 0.717) is 22.8 Å². The lowest BCUT2D eigenvalue weighted by molar-refractivity contribution is -0.363. The summed E-state index contributed by atoms with van der Waals surface area (Å²) in [6.07, 6.45) is 2.04. The Hall–Kier alpha value is -3.03. The molecule has 0 bridgehead atoms. The summed E-state index contributed by atoms with van der Waals surface area (Å²) < 4.78 is 47.3. The number of rotatable bonds is 1. The van der Waals surface area contributed by atoms with Gasteiger partial charge >= 0.3 is 6.97 Å². The maximum absolute atomic E-state index is 16.2. The van der Waals surface area contributed by atoms with Crippen molar-refractivity contribution in [2.24, 2.45) is 0 Å². The highest BCUT2D eigenvalue weighted by Gasteiger charge is 2.65. The van der Waals surface area contributed by atoms with Crippen LogP contribution in [0, 0.1) is 20.8 Å². The maximum Gasteiger partial charge on any atom is 0.737 e. The van der Waals surface area contributed by atoms with Crippen molar-refractivity contribution in [2.45, 2.75) is 59.0 Å². The summed E-state index contributed by atoms with van der Waals surface area (Å²) in [6.45, 7) is 5.60. The van der Waals surface area contributed by atoms with Crippen LogP contribution in [-0.2, 0) is 9.47 Å². The minimum atomic E-state index is -4.02. The van der Waals surface area contributed by atoms with Crippen LogP contribution < -0.4 is 0 Å². The lowest BCUT2D eigenvalue weighted by atomic mass is 9.76. The molecule has 0 saturated carbocycles. The van der Waals surface area contributed by atoms with Crippen LogP contribution in [0.3, 0.4) is 0 Å². The second-order valence-electron chi connectivity index (χ2n) is 10.8. The second-order valence-corrected chi connectivity index (χ2v) is 10.8. The van der Waals surface area contributed by atoms with E-state index in [1.165, 1.54) is 20.1 Å². The summed E-state index contributed by atoms with van der Waals surface area (Å²) >= 11 is 0. The third kappa shape index (κ3) is 2.23. The Bertz CT molecular complexity index is 1660. The van der Waals surface area contributed by atoms with Crippen LogP contribution in [0.2, 0.25) is 0 Å². The molecule has 1 aliphatic carbocycles. The number of nitrogens with zero attached hydrogens (tertiary/aromatic N) is 2. The molecule has 0 N–H and O–H groups in total. The predicted octanol–water partition coefficient (Wildman–Crippen LogP) is 5.89. The molecule has 5 aliphatic rings. The molecule has 1 aromatic heterocycles. The molecular formula is C28H25BF2N2O2. The molecule has 7 heteroatoms. The fourth-order valence-corrected chi connectivity index (χ4v) is 7.33. The van der Waals surface area contributed by atoms with Gasteiger partial charge in [-0.15, -0.1) is 0 Å². The molecule has 2 aromatic carbocycles. The molecule has 176 valence electrons. The van der Waals surface area contributed by atoms with Gasteiger partial charge in [-0.3, -0.25) is 0 Å². The molecule has 2 fully saturated rings. The number of ether oxygens (including phenoxy) is 2. The van der Waals surface area contributed by atoms with E-state index >= 15 is 8.63 Å². The zero-order valence-electron chi connectivity index (χ0n) is 20.3. The molecule has 4 aliphatic heterocycles. The van der Waals surface area contributed by atoms with Gasteiger partial charge in [-0.1, -0.05) is 24.3 Å². The first-order valence-electron chi connectivity index (χ1n) is 12.3. The van der Waals surface area contributed by atoms with E-state index in [9.17, 15) is 0 Å². The first-order valence-corrected chi connectivity index (χ1v) is 12.3. The van der Waals surface area contributed by atoms with Gasteiger partial charge in [0.25, 0.3) is 0 Å². The van der Waals surface area contributed by atoms with Crippen LogP contribution in [0.25, 0.3) is 16.3 Å². The lowest BCUT2D eigenvalue weighted by Crippen LogP contribution is -2.51. The third-order valence-electron chi connectivity index (χ3n) is 8.69. The lowest BCUT2D eigenvalue weighted by Gasteiger charge is -2.35. The Kier molecular flexibility index (Phi) is 3.48. The smallest absolute Gasteiger partial charge is 0.393 e. The molecule has 8 rings (SSSR count). The molecule has 35 heavy (non-hydrogen) atoms. The zero-order chi connectivity index (χ0) is 24.1. The van der Waals surface area contributed by atoms with Gasteiger partial charge in [0.05, 0.1) is 5.57 Å². The minimum Gasteiger partial charge on any atom is -0.393 e. The van der Waals surface area contributed by atoms with Gasteiger partial charge in [-0.25, -0.2) is 0 Å². The number of epoxide rings is 2. The Morgan fingerprint density at radius 1 is 0.914 bits per heavy atom. The molecule has 0 spiro atoms. The first kappa shape index (κ1) is 20.2. The van der Waals surface area contributed by atoms with E-state index < -0.39 is 6.97 Å². The van der Waals surface area contributed by atoms with Crippen LogP contribution in [-0.4, -0.2) is 33.9 Å². The molecule has 0 radical (unpaired) electrons. The summed E-state index contributed by atoms with van der Waals surface area (Å²) in [5, 5.41) is 2.23. The zero-order valence-corrected chi connectivity index (χ0v) is 20.3. The van der Waals surface area contributed by atoms with Crippen molar-refractivity contribution in [3.63, 3.8) is 0 Å². The average molecular weight is 470 g/mol. The normalized spacial score (nSPS) is 28.9. The quantitative estimate of drug-likeness (QED) is 0.328. The Morgan fingerprint density at radius 2 is 1.57 bits per heavy atom. The summed E-state index contributed by atoms with van der Waals surface area (Å²) in [7, 11) is 0. The van der Waals surface area contributed by atoms with Gasteiger partial charge < -0.3 is 27.1 Å². The first-order chi connectivity index (χ1) is 16.7. The predicted molar refractivity (Wildman–Crippen MR) is 132 cm³/mol. The summed E-state index contributed by atoms with van der Waals surface area (Å²) in [5.74, 6) is 0. The monoisotopic (exact) mass is 470 g/mol. The van der Waals surface area contributed by atoms with Crippen molar-refractivity contribution in [3.8, 4) is 0 Å². The third-order valence-corrected chi connectivity index (χ3v) is 8.69. The van der Waals surface area contributed by atoms with E-state index in [2.05, 4.69) is 25.1 Å². The second kappa shape index (κ2) is 6.02. The number of hydrogen-bond acceptors (Lipinski definition) is 2. The molecular weight excluding hydrogens is 445 g/mol. The van der Waals surface area contributed by atoms with Crippen LogP contribution in [0.4, 0.5) is 8.63 Å². The molecule has 0 unspecified atom stereocenters. The standard InChI is InChI=1S/C28H25BF2N2O2/c1-12-10-14(3)32-23(12)22(24-13(2)11-15(4)33(24)29(32,30)31)20-18-9-7-6-8-17(18)16(5)19-21(20)26-28(35-26)27-25(19)34-27/h6-11,25-28H,1-5H3/t25-,26+,27-,28+/m0/s1. The highest BCUT2D eigenvalue weighted by Crippen LogP contribution is 2.64.